The largest absolute Gasteiger partial charge is 0.466 e. The number of ether oxygens (including phenoxy) is 3. The first-order chi connectivity index (χ1) is 11.3. The molecule has 0 bridgehead atoms. The van der Waals surface area contributed by atoms with Gasteiger partial charge in [0.25, 0.3) is 0 Å². The lowest BCUT2D eigenvalue weighted by molar-refractivity contribution is -0.143. The summed E-state index contributed by atoms with van der Waals surface area (Å²) in [5.41, 5.74) is -0.538. The van der Waals surface area contributed by atoms with Crippen LogP contribution < -0.4 is 0 Å². The molecule has 0 aromatic carbocycles. The summed E-state index contributed by atoms with van der Waals surface area (Å²) in [5, 5.41) is 0. The zero-order chi connectivity index (χ0) is 18.2. The maximum Gasteiger partial charge on any atom is 0.410 e. The van der Waals surface area contributed by atoms with E-state index in [1.807, 2.05) is 20.8 Å². The predicted octanol–water partition coefficient (Wildman–Crippen LogP) is 3.52. The highest BCUT2D eigenvalue weighted by Gasteiger charge is 2.38. The Morgan fingerprint density at radius 1 is 1.21 bits per heavy atom. The fraction of sp³-hybridized carbons (Fsp3) is 0.889. The number of carbonyl (C=O) groups is 2. The average Bonchev–Trinajstić information content (AvgIpc) is 2.87. The molecule has 1 rings (SSSR count). The molecule has 1 fully saturated rings. The molecule has 0 spiro atoms. The molecule has 0 aromatic heterocycles. The minimum absolute atomic E-state index is 0.0104. The molecule has 0 unspecified atom stereocenters. The summed E-state index contributed by atoms with van der Waals surface area (Å²) in [5.74, 6) is -0.225. The molecular formula is C18H33NO5. The molecule has 0 aromatic rings. The van der Waals surface area contributed by atoms with Gasteiger partial charge >= 0.3 is 12.1 Å². The molecule has 1 amide bonds. The minimum atomic E-state index is -0.538. The van der Waals surface area contributed by atoms with E-state index in [4.69, 9.17) is 14.2 Å². The number of esters is 1. The van der Waals surface area contributed by atoms with Crippen molar-refractivity contribution in [3.8, 4) is 0 Å². The Hall–Kier alpha value is -1.30. The molecule has 1 aliphatic heterocycles. The first kappa shape index (κ1) is 20.7. The Morgan fingerprint density at radius 3 is 2.50 bits per heavy atom. The second-order valence-corrected chi connectivity index (χ2v) is 7.21. The number of hydrogen-bond donors (Lipinski definition) is 0. The third-order valence-corrected chi connectivity index (χ3v) is 3.84. The molecule has 24 heavy (non-hydrogen) atoms. The van der Waals surface area contributed by atoms with E-state index in [1.54, 1.807) is 11.8 Å². The summed E-state index contributed by atoms with van der Waals surface area (Å²) in [6.07, 6.45) is 3.38. The van der Waals surface area contributed by atoms with Gasteiger partial charge in [-0.3, -0.25) is 4.79 Å². The van der Waals surface area contributed by atoms with Crippen LogP contribution in [0.2, 0.25) is 0 Å². The smallest absolute Gasteiger partial charge is 0.410 e. The van der Waals surface area contributed by atoms with Crippen LogP contribution in [0.1, 0.15) is 66.7 Å². The van der Waals surface area contributed by atoms with Crippen molar-refractivity contribution < 1.29 is 23.8 Å². The predicted molar refractivity (Wildman–Crippen MR) is 91.9 cm³/mol. The number of rotatable bonds is 8. The van der Waals surface area contributed by atoms with Crippen molar-refractivity contribution in [2.24, 2.45) is 0 Å². The normalized spacial score (nSPS) is 21.0. The Kier molecular flexibility index (Phi) is 8.53. The van der Waals surface area contributed by atoms with Gasteiger partial charge in [-0.2, -0.15) is 0 Å². The third-order valence-electron chi connectivity index (χ3n) is 3.84. The average molecular weight is 343 g/mol. The van der Waals surface area contributed by atoms with E-state index in [-0.39, 0.29) is 24.2 Å². The zero-order valence-electron chi connectivity index (χ0n) is 15.8. The standard InChI is InChI=1S/C18H33NO5/c1-6-8-11-23-15-12-14(9-10-16(20)22-7-2)19(13-15)17(21)24-18(3,4)5/h14-15H,6-13H2,1-5H3/t14-,15+/m1/s1. The van der Waals surface area contributed by atoms with E-state index in [0.717, 1.165) is 19.3 Å². The van der Waals surface area contributed by atoms with Crippen molar-refractivity contribution in [2.75, 3.05) is 19.8 Å². The first-order valence-corrected chi connectivity index (χ1v) is 9.03. The molecular weight excluding hydrogens is 310 g/mol. The van der Waals surface area contributed by atoms with Crippen LogP contribution >= 0.6 is 0 Å². The van der Waals surface area contributed by atoms with E-state index in [1.165, 1.54) is 0 Å². The molecule has 6 nitrogen and oxygen atoms in total. The highest BCUT2D eigenvalue weighted by molar-refractivity contribution is 5.70. The molecule has 1 saturated heterocycles. The molecule has 1 heterocycles. The van der Waals surface area contributed by atoms with E-state index in [2.05, 4.69) is 6.92 Å². The lowest BCUT2D eigenvalue weighted by atomic mass is 10.1. The number of amides is 1. The number of carbonyl (C=O) groups excluding carboxylic acids is 2. The van der Waals surface area contributed by atoms with Crippen molar-refractivity contribution in [3.05, 3.63) is 0 Å². The van der Waals surface area contributed by atoms with E-state index in [0.29, 0.717) is 32.6 Å². The molecule has 2 atom stereocenters. The van der Waals surface area contributed by atoms with Gasteiger partial charge in [0.05, 0.1) is 19.3 Å². The Labute approximate surface area is 145 Å². The van der Waals surface area contributed by atoms with E-state index >= 15 is 0 Å². The molecule has 0 aliphatic carbocycles. The van der Waals surface area contributed by atoms with Gasteiger partial charge in [-0.15, -0.1) is 0 Å². The third kappa shape index (κ3) is 7.51. The van der Waals surface area contributed by atoms with Crippen LogP contribution in [0.4, 0.5) is 4.79 Å². The van der Waals surface area contributed by atoms with Crippen molar-refractivity contribution >= 4 is 12.1 Å². The monoisotopic (exact) mass is 343 g/mol. The summed E-state index contributed by atoms with van der Waals surface area (Å²) in [4.78, 5) is 25.8. The highest BCUT2D eigenvalue weighted by atomic mass is 16.6. The topological polar surface area (TPSA) is 65.1 Å². The number of nitrogens with zero attached hydrogens (tertiary/aromatic N) is 1. The van der Waals surface area contributed by atoms with Crippen LogP contribution in [0.25, 0.3) is 0 Å². The molecule has 0 radical (unpaired) electrons. The minimum Gasteiger partial charge on any atom is -0.466 e. The molecule has 0 N–H and O–H groups in total. The van der Waals surface area contributed by atoms with Crippen molar-refractivity contribution in [3.63, 3.8) is 0 Å². The Bertz CT molecular complexity index is 405. The van der Waals surface area contributed by atoms with E-state index in [9.17, 15) is 9.59 Å². The number of likely N-dealkylation sites (tertiary alicyclic amines) is 1. The van der Waals surface area contributed by atoms with Crippen molar-refractivity contribution in [1.29, 1.82) is 0 Å². The lowest BCUT2D eigenvalue weighted by Gasteiger charge is -2.28. The zero-order valence-corrected chi connectivity index (χ0v) is 15.8. The summed E-state index contributed by atoms with van der Waals surface area (Å²) in [6, 6.07) is -0.0455. The molecule has 6 heteroatoms. The quantitative estimate of drug-likeness (QED) is 0.498. The highest BCUT2D eigenvalue weighted by Crippen LogP contribution is 2.26. The first-order valence-electron chi connectivity index (χ1n) is 9.03. The summed E-state index contributed by atoms with van der Waals surface area (Å²) in [7, 11) is 0. The molecule has 1 aliphatic rings. The Morgan fingerprint density at radius 2 is 1.92 bits per heavy atom. The van der Waals surface area contributed by atoms with Gasteiger partial charge in [0.1, 0.15) is 5.60 Å². The molecule has 0 saturated carbocycles. The van der Waals surface area contributed by atoms with E-state index < -0.39 is 5.60 Å². The fourth-order valence-corrected chi connectivity index (χ4v) is 2.72. The SMILES string of the molecule is CCCCO[C@H]1C[C@@H](CCC(=O)OCC)N(C(=O)OC(C)(C)C)C1. The van der Waals surface area contributed by atoms with Crippen molar-refractivity contribution in [2.45, 2.75) is 84.5 Å². The van der Waals surface area contributed by atoms with Gasteiger partial charge in [-0.25, -0.2) is 4.79 Å². The van der Waals surface area contributed by atoms with Crippen LogP contribution in [0.3, 0.4) is 0 Å². The van der Waals surface area contributed by atoms with Crippen molar-refractivity contribution in [1.82, 2.24) is 4.90 Å². The summed E-state index contributed by atoms with van der Waals surface area (Å²) < 4.78 is 16.3. The maximum absolute atomic E-state index is 12.4. The fourth-order valence-electron chi connectivity index (χ4n) is 2.72. The second-order valence-electron chi connectivity index (χ2n) is 7.21. The lowest BCUT2D eigenvalue weighted by Crippen LogP contribution is -2.40. The van der Waals surface area contributed by atoms with Gasteiger partial charge in [-0.05, 0) is 47.0 Å². The van der Waals surface area contributed by atoms with Crippen LogP contribution in [-0.4, -0.2) is 54.5 Å². The van der Waals surface area contributed by atoms with Crippen LogP contribution in [0.15, 0.2) is 0 Å². The number of hydrogen-bond acceptors (Lipinski definition) is 5. The van der Waals surface area contributed by atoms with Crippen LogP contribution in [0.5, 0.6) is 0 Å². The van der Waals surface area contributed by atoms with Gasteiger partial charge in [0, 0.05) is 19.1 Å². The van der Waals surface area contributed by atoms with Gasteiger partial charge < -0.3 is 19.1 Å². The Balaban J connectivity index is 2.63. The van der Waals surface area contributed by atoms with Gasteiger partial charge in [0.2, 0.25) is 0 Å². The molecule has 140 valence electrons. The number of unbranched alkanes of at least 4 members (excludes halogenated alkanes) is 1. The van der Waals surface area contributed by atoms with Crippen LogP contribution in [0, 0.1) is 0 Å². The van der Waals surface area contributed by atoms with Crippen LogP contribution in [-0.2, 0) is 19.0 Å². The van der Waals surface area contributed by atoms with Gasteiger partial charge in [0.15, 0.2) is 0 Å². The van der Waals surface area contributed by atoms with Gasteiger partial charge in [-0.1, -0.05) is 13.3 Å². The second kappa shape index (κ2) is 9.87. The summed E-state index contributed by atoms with van der Waals surface area (Å²) in [6.45, 7) is 11.1. The maximum atomic E-state index is 12.4. The summed E-state index contributed by atoms with van der Waals surface area (Å²) >= 11 is 0.